The molecule has 2 N–H and O–H groups in total. The third-order valence-corrected chi connectivity index (χ3v) is 5.00. The van der Waals surface area contributed by atoms with Crippen molar-refractivity contribution >= 4 is 15.9 Å². The Bertz CT molecular complexity index is 802. The van der Waals surface area contributed by atoms with E-state index in [1.165, 1.54) is 12.1 Å². The summed E-state index contributed by atoms with van der Waals surface area (Å²) in [4.78, 5) is 12.1. The number of nitrogens with one attached hydrogen (secondary N) is 2. The summed E-state index contributed by atoms with van der Waals surface area (Å²) >= 11 is 0. The van der Waals surface area contributed by atoms with Gasteiger partial charge in [-0.1, -0.05) is 36.4 Å². The van der Waals surface area contributed by atoms with Crippen LogP contribution >= 0.6 is 0 Å². The summed E-state index contributed by atoms with van der Waals surface area (Å²) in [5, 5.41) is 2.75. The first kappa shape index (κ1) is 18.2. The van der Waals surface area contributed by atoms with Crippen molar-refractivity contribution in [2.75, 3.05) is 0 Å². The Kier molecular flexibility index (Phi) is 5.75. The summed E-state index contributed by atoms with van der Waals surface area (Å²) < 4.78 is 27.8. The zero-order valence-corrected chi connectivity index (χ0v) is 14.8. The second-order valence-corrected chi connectivity index (χ2v) is 7.62. The average molecular weight is 346 g/mol. The van der Waals surface area contributed by atoms with Gasteiger partial charge < -0.3 is 5.32 Å². The molecule has 128 valence electrons. The van der Waals surface area contributed by atoms with E-state index >= 15 is 0 Å². The van der Waals surface area contributed by atoms with Gasteiger partial charge in [-0.2, -0.15) is 0 Å². The van der Waals surface area contributed by atoms with Crippen molar-refractivity contribution in [3.05, 3.63) is 65.7 Å². The molecule has 0 bridgehead atoms. The molecule has 2 rings (SSSR count). The maximum absolute atomic E-state index is 12.6. The summed E-state index contributed by atoms with van der Waals surface area (Å²) in [6.07, 6.45) is 0. The highest BCUT2D eigenvalue weighted by Crippen LogP contribution is 2.17. The number of hydrogen-bond donors (Lipinski definition) is 2. The molecule has 5 nitrogen and oxygen atoms in total. The Morgan fingerprint density at radius 2 is 1.62 bits per heavy atom. The van der Waals surface area contributed by atoms with Gasteiger partial charge in [0.2, 0.25) is 10.0 Å². The van der Waals surface area contributed by atoms with Crippen LogP contribution in [0.4, 0.5) is 0 Å². The molecule has 0 radical (unpaired) electrons. The molecular formula is C18H22N2O3S. The number of carbonyl (C=O) groups is 1. The minimum Gasteiger partial charge on any atom is -0.350 e. The van der Waals surface area contributed by atoms with Gasteiger partial charge in [0, 0.05) is 17.6 Å². The molecule has 1 atom stereocenters. The van der Waals surface area contributed by atoms with E-state index in [-0.39, 0.29) is 22.9 Å². The molecule has 24 heavy (non-hydrogen) atoms. The van der Waals surface area contributed by atoms with Crippen molar-refractivity contribution in [1.82, 2.24) is 10.0 Å². The third-order valence-electron chi connectivity index (χ3n) is 3.46. The van der Waals surface area contributed by atoms with E-state index in [4.69, 9.17) is 0 Å². The lowest BCUT2D eigenvalue weighted by Crippen LogP contribution is -2.30. The highest BCUT2D eigenvalue weighted by molar-refractivity contribution is 7.89. The van der Waals surface area contributed by atoms with Crippen molar-refractivity contribution in [3.63, 3.8) is 0 Å². The zero-order valence-electron chi connectivity index (χ0n) is 14.0. The van der Waals surface area contributed by atoms with E-state index in [0.717, 1.165) is 5.56 Å². The van der Waals surface area contributed by atoms with E-state index in [1.54, 1.807) is 19.1 Å². The predicted molar refractivity (Wildman–Crippen MR) is 94.2 cm³/mol. The first-order valence-corrected chi connectivity index (χ1v) is 9.26. The fourth-order valence-electron chi connectivity index (χ4n) is 2.26. The first-order chi connectivity index (χ1) is 11.3. The van der Waals surface area contributed by atoms with E-state index in [9.17, 15) is 13.2 Å². The van der Waals surface area contributed by atoms with E-state index in [1.807, 2.05) is 44.2 Å². The number of hydrogen-bond acceptors (Lipinski definition) is 3. The second kappa shape index (κ2) is 7.59. The number of rotatable bonds is 6. The molecule has 6 heteroatoms. The van der Waals surface area contributed by atoms with Crippen LogP contribution < -0.4 is 10.0 Å². The summed E-state index contributed by atoms with van der Waals surface area (Å²) in [7, 11) is -3.72. The molecule has 0 saturated carbocycles. The number of benzene rings is 2. The van der Waals surface area contributed by atoms with Crippen molar-refractivity contribution in [1.29, 1.82) is 0 Å². The number of amides is 1. The fraction of sp³-hybridized carbons (Fsp3) is 0.278. The molecule has 0 spiro atoms. The van der Waals surface area contributed by atoms with Crippen LogP contribution in [0.2, 0.25) is 0 Å². The maximum atomic E-state index is 12.6. The van der Waals surface area contributed by atoms with Gasteiger partial charge in [-0.05, 0) is 44.5 Å². The molecule has 0 saturated heterocycles. The van der Waals surface area contributed by atoms with Crippen LogP contribution in [0.25, 0.3) is 0 Å². The lowest BCUT2D eigenvalue weighted by atomic mass is 10.1. The van der Waals surface area contributed by atoms with Gasteiger partial charge in [-0.15, -0.1) is 0 Å². The Hall–Kier alpha value is -2.18. The topological polar surface area (TPSA) is 75.3 Å². The third kappa shape index (κ3) is 4.66. The van der Waals surface area contributed by atoms with Crippen LogP contribution in [0.1, 0.15) is 42.7 Å². The lowest BCUT2D eigenvalue weighted by Gasteiger charge is -2.15. The van der Waals surface area contributed by atoms with Gasteiger partial charge in [-0.25, -0.2) is 13.1 Å². The van der Waals surface area contributed by atoms with Crippen molar-refractivity contribution in [2.24, 2.45) is 0 Å². The van der Waals surface area contributed by atoms with E-state index in [0.29, 0.717) is 5.56 Å². The summed E-state index contributed by atoms with van der Waals surface area (Å²) in [6, 6.07) is 15.0. The first-order valence-electron chi connectivity index (χ1n) is 7.78. The van der Waals surface area contributed by atoms with E-state index in [2.05, 4.69) is 10.0 Å². The van der Waals surface area contributed by atoms with Crippen LogP contribution in [0.3, 0.4) is 0 Å². The minimum absolute atomic E-state index is 0.0195. The van der Waals surface area contributed by atoms with Crippen molar-refractivity contribution in [3.8, 4) is 0 Å². The Morgan fingerprint density at radius 3 is 2.25 bits per heavy atom. The predicted octanol–water partition coefficient (Wildman–Crippen LogP) is 2.86. The smallest absolute Gasteiger partial charge is 0.251 e. The van der Waals surface area contributed by atoms with Gasteiger partial charge in [0.25, 0.3) is 5.91 Å². The van der Waals surface area contributed by atoms with E-state index < -0.39 is 10.0 Å². The molecular weight excluding hydrogens is 324 g/mol. The molecule has 1 amide bonds. The standard InChI is InChI=1S/C18H22N2O3S/c1-13(2)19-18(21)16-10-7-11-17(12-16)24(22,23)20-14(3)15-8-5-4-6-9-15/h4-14,20H,1-3H3,(H,19,21). The molecule has 1 unspecified atom stereocenters. The average Bonchev–Trinajstić information content (AvgIpc) is 2.55. The maximum Gasteiger partial charge on any atom is 0.251 e. The fourth-order valence-corrected chi connectivity index (χ4v) is 3.54. The lowest BCUT2D eigenvalue weighted by molar-refractivity contribution is 0.0943. The van der Waals surface area contributed by atoms with Gasteiger partial charge in [0.05, 0.1) is 4.90 Å². The zero-order chi connectivity index (χ0) is 17.7. The molecule has 0 heterocycles. The highest BCUT2D eigenvalue weighted by atomic mass is 32.2. The van der Waals surface area contributed by atoms with Crippen LogP contribution in [0.5, 0.6) is 0 Å². The molecule has 0 fully saturated rings. The molecule has 0 aliphatic heterocycles. The Labute approximate surface area is 143 Å². The molecule has 0 aliphatic carbocycles. The quantitative estimate of drug-likeness (QED) is 0.844. The second-order valence-electron chi connectivity index (χ2n) is 5.91. The minimum atomic E-state index is -3.72. The van der Waals surface area contributed by atoms with Gasteiger partial charge in [-0.3, -0.25) is 4.79 Å². The normalized spacial score (nSPS) is 12.8. The van der Waals surface area contributed by atoms with Gasteiger partial charge >= 0.3 is 0 Å². The SMILES string of the molecule is CC(C)NC(=O)c1cccc(S(=O)(=O)NC(C)c2ccccc2)c1. The van der Waals surface area contributed by atoms with Crippen LogP contribution in [0.15, 0.2) is 59.5 Å². The number of sulfonamides is 1. The summed E-state index contributed by atoms with van der Waals surface area (Å²) in [5.74, 6) is -0.293. The largest absolute Gasteiger partial charge is 0.350 e. The monoisotopic (exact) mass is 346 g/mol. The molecule has 2 aromatic carbocycles. The van der Waals surface area contributed by atoms with Gasteiger partial charge in [0.15, 0.2) is 0 Å². The van der Waals surface area contributed by atoms with Crippen LogP contribution in [0, 0.1) is 0 Å². The molecule has 0 aromatic heterocycles. The number of carbonyl (C=O) groups excluding carboxylic acids is 1. The highest BCUT2D eigenvalue weighted by Gasteiger charge is 2.19. The van der Waals surface area contributed by atoms with Crippen molar-refractivity contribution < 1.29 is 13.2 Å². The molecule has 0 aliphatic rings. The van der Waals surface area contributed by atoms with Crippen LogP contribution in [-0.4, -0.2) is 20.4 Å². The van der Waals surface area contributed by atoms with Crippen molar-refractivity contribution in [2.45, 2.75) is 37.8 Å². The summed E-state index contributed by atoms with van der Waals surface area (Å²) in [5.41, 5.74) is 1.19. The van der Waals surface area contributed by atoms with Gasteiger partial charge in [0.1, 0.15) is 0 Å². The van der Waals surface area contributed by atoms with Crippen LogP contribution in [-0.2, 0) is 10.0 Å². The summed E-state index contributed by atoms with van der Waals surface area (Å²) in [6.45, 7) is 5.48. The molecule has 2 aromatic rings. The Morgan fingerprint density at radius 1 is 0.958 bits per heavy atom. The Balaban J connectivity index is 2.22.